The second kappa shape index (κ2) is 3.16. The molecule has 0 radical (unpaired) electrons. The quantitative estimate of drug-likeness (QED) is 0.496. The van der Waals surface area contributed by atoms with Gasteiger partial charge in [-0.25, -0.2) is 0 Å². The minimum atomic E-state index is -1.62. The summed E-state index contributed by atoms with van der Waals surface area (Å²) in [5, 5.41) is 0. The van der Waals surface area contributed by atoms with Gasteiger partial charge in [0.2, 0.25) is 0 Å². The number of hydrogen-bond donors (Lipinski definition) is 0. The Morgan fingerprint density at radius 3 is 3.09 bits per heavy atom. The lowest BCUT2D eigenvalue weighted by atomic mass is 10.2. The fourth-order valence-electron chi connectivity index (χ4n) is 1.01. The van der Waals surface area contributed by atoms with Crippen molar-refractivity contribution in [3.8, 4) is 0 Å². The van der Waals surface area contributed by atoms with E-state index in [1.54, 1.807) is 0 Å². The van der Waals surface area contributed by atoms with Crippen LogP contribution in [0.3, 0.4) is 0 Å². The zero-order valence-corrected chi connectivity index (χ0v) is 6.54. The number of fused-ring (bicyclic) bond motifs is 1. The van der Waals surface area contributed by atoms with Crippen molar-refractivity contribution in [2.24, 2.45) is 0 Å². The Bertz CT molecular complexity index is 172. The molecule has 2 rings (SSSR count). The summed E-state index contributed by atoms with van der Waals surface area (Å²) in [6.45, 7) is 1.01. The van der Waals surface area contributed by atoms with E-state index in [2.05, 4.69) is 0 Å². The van der Waals surface area contributed by atoms with Gasteiger partial charge in [-0.3, -0.25) is 8.37 Å². The molecule has 2 aliphatic heterocycles. The topological polar surface area (TPSA) is 54.0 Å². The van der Waals surface area contributed by atoms with Gasteiger partial charge in [-0.2, -0.15) is 4.21 Å². The van der Waals surface area contributed by atoms with Gasteiger partial charge in [0.1, 0.15) is 19.0 Å². The highest BCUT2D eigenvalue weighted by Gasteiger charge is 2.34. The van der Waals surface area contributed by atoms with Crippen molar-refractivity contribution in [2.75, 3.05) is 20.0 Å². The average molecular weight is 180 g/mol. The average Bonchev–Trinajstić information content (AvgIpc) is 2.04. The minimum Gasteiger partial charge on any atom is -0.353 e. The van der Waals surface area contributed by atoms with E-state index in [-0.39, 0.29) is 19.0 Å². The third-order valence-corrected chi connectivity index (χ3v) is 2.33. The SMILES string of the molecule is O=[S@@]1OC[C@H]2OCOC[C@@H]2O1. The van der Waals surface area contributed by atoms with E-state index in [0.717, 1.165) is 0 Å². The molecule has 3 atom stereocenters. The van der Waals surface area contributed by atoms with Crippen LogP contribution in [-0.2, 0) is 29.2 Å². The van der Waals surface area contributed by atoms with Crippen molar-refractivity contribution in [1.29, 1.82) is 0 Å². The van der Waals surface area contributed by atoms with Crippen molar-refractivity contribution in [1.82, 2.24) is 0 Å². The van der Waals surface area contributed by atoms with Crippen molar-refractivity contribution in [2.45, 2.75) is 12.2 Å². The van der Waals surface area contributed by atoms with Crippen LogP contribution in [0.5, 0.6) is 0 Å². The fourth-order valence-corrected chi connectivity index (χ4v) is 1.69. The van der Waals surface area contributed by atoms with Gasteiger partial charge < -0.3 is 9.47 Å². The summed E-state index contributed by atoms with van der Waals surface area (Å²) in [7, 11) is 0. The summed E-state index contributed by atoms with van der Waals surface area (Å²) in [6.07, 6.45) is -0.361. The molecule has 2 fully saturated rings. The van der Waals surface area contributed by atoms with Gasteiger partial charge in [0, 0.05) is 0 Å². The Balaban J connectivity index is 1.98. The van der Waals surface area contributed by atoms with E-state index in [0.29, 0.717) is 13.2 Å². The molecule has 0 saturated carbocycles. The van der Waals surface area contributed by atoms with Gasteiger partial charge in [-0.15, -0.1) is 0 Å². The van der Waals surface area contributed by atoms with Crippen LogP contribution in [0.25, 0.3) is 0 Å². The van der Waals surface area contributed by atoms with Gasteiger partial charge in [-0.1, -0.05) is 0 Å². The van der Waals surface area contributed by atoms with Crippen molar-refractivity contribution < 1.29 is 22.0 Å². The van der Waals surface area contributed by atoms with Crippen LogP contribution in [0.15, 0.2) is 0 Å². The van der Waals surface area contributed by atoms with Gasteiger partial charge in [0.25, 0.3) is 0 Å². The molecule has 64 valence electrons. The molecule has 0 aromatic carbocycles. The molecule has 5 nitrogen and oxygen atoms in total. The van der Waals surface area contributed by atoms with Crippen LogP contribution in [-0.4, -0.2) is 36.4 Å². The smallest absolute Gasteiger partial charge is 0.305 e. The van der Waals surface area contributed by atoms with Crippen molar-refractivity contribution in [3.05, 3.63) is 0 Å². The molecule has 0 aromatic heterocycles. The molecule has 0 unspecified atom stereocenters. The van der Waals surface area contributed by atoms with Gasteiger partial charge in [-0.05, 0) is 0 Å². The lowest BCUT2D eigenvalue weighted by molar-refractivity contribution is -0.203. The van der Waals surface area contributed by atoms with E-state index >= 15 is 0 Å². The molecule has 6 heteroatoms. The van der Waals surface area contributed by atoms with Gasteiger partial charge >= 0.3 is 11.4 Å². The van der Waals surface area contributed by atoms with Crippen LogP contribution in [0.4, 0.5) is 0 Å². The molecular formula is C5H8O5S. The minimum absolute atomic E-state index is 0.124. The fraction of sp³-hybridized carbons (Fsp3) is 1.00. The number of ether oxygens (including phenoxy) is 2. The highest BCUT2D eigenvalue weighted by atomic mass is 32.2. The molecule has 11 heavy (non-hydrogen) atoms. The third-order valence-electron chi connectivity index (χ3n) is 1.59. The van der Waals surface area contributed by atoms with Crippen LogP contribution in [0.1, 0.15) is 0 Å². The first-order chi connectivity index (χ1) is 5.36. The Labute approximate surface area is 66.4 Å². The summed E-state index contributed by atoms with van der Waals surface area (Å²) in [6, 6.07) is 0. The highest BCUT2D eigenvalue weighted by molar-refractivity contribution is 7.75. The van der Waals surface area contributed by atoms with Crippen molar-refractivity contribution >= 4 is 11.4 Å². The molecule has 2 heterocycles. The maximum atomic E-state index is 10.7. The van der Waals surface area contributed by atoms with Crippen LogP contribution in [0.2, 0.25) is 0 Å². The molecule has 0 amide bonds. The Morgan fingerprint density at radius 1 is 1.27 bits per heavy atom. The highest BCUT2D eigenvalue weighted by Crippen LogP contribution is 2.17. The molecule has 0 spiro atoms. The largest absolute Gasteiger partial charge is 0.353 e. The standard InChI is InChI=1S/C5H8O5S/c6-11-9-2-4-5(10-11)1-7-3-8-4/h4-5H,1-3H2/t4-,5+,11-/m1/s1. The zero-order valence-electron chi connectivity index (χ0n) is 5.73. The molecule has 0 N–H and O–H groups in total. The Morgan fingerprint density at radius 2 is 2.18 bits per heavy atom. The van der Waals surface area contributed by atoms with Crippen LogP contribution in [0, 0.1) is 0 Å². The van der Waals surface area contributed by atoms with Crippen LogP contribution >= 0.6 is 0 Å². The number of hydrogen-bond acceptors (Lipinski definition) is 5. The first kappa shape index (κ1) is 7.63. The third kappa shape index (κ3) is 1.60. The van der Waals surface area contributed by atoms with E-state index in [1.807, 2.05) is 0 Å². The molecule has 2 aliphatic rings. The first-order valence-corrected chi connectivity index (χ1v) is 4.28. The van der Waals surface area contributed by atoms with E-state index in [1.165, 1.54) is 0 Å². The first-order valence-electron chi connectivity index (χ1n) is 3.28. The maximum Gasteiger partial charge on any atom is 0.305 e. The second-order valence-corrected chi connectivity index (χ2v) is 3.15. The predicted octanol–water partition coefficient (Wildman–Crippen LogP) is -0.647. The summed E-state index contributed by atoms with van der Waals surface area (Å²) in [5.41, 5.74) is 0. The van der Waals surface area contributed by atoms with E-state index in [4.69, 9.17) is 17.8 Å². The predicted molar refractivity (Wildman–Crippen MR) is 34.7 cm³/mol. The molecule has 0 aliphatic carbocycles. The normalized spacial score (nSPS) is 44.9. The van der Waals surface area contributed by atoms with Crippen molar-refractivity contribution in [3.63, 3.8) is 0 Å². The van der Waals surface area contributed by atoms with Gasteiger partial charge in [0.15, 0.2) is 0 Å². The zero-order chi connectivity index (χ0) is 7.68. The number of rotatable bonds is 0. The van der Waals surface area contributed by atoms with E-state index < -0.39 is 11.4 Å². The molecule has 0 bridgehead atoms. The Hall–Kier alpha value is -0.0100. The second-order valence-electron chi connectivity index (χ2n) is 2.32. The van der Waals surface area contributed by atoms with Gasteiger partial charge in [0.05, 0.1) is 13.2 Å². The summed E-state index contributed by atoms with van der Waals surface area (Å²) in [5.74, 6) is 0. The maximum absolute atomic E-state index is 10.7. The lowest BCUT2D eigenvalue weighted by Crippen LogP contribution is -2.47. The monoisotopic (exact) mass is 180 g/mol. The molecule has 2 saturated heterocycles. The summed E-state index contributed by atoms with van der Waals surface area (Å²) in [4.78, 5) is 0. The lowest BCUT2D eigenvalue weighted by Gasteiger charge is -2.32. The molecular weight excluding hydrogens is 172 g/mol. The summed E-state index contributed by atoms with van der Waals surface area (Å²) >= 11 is -1.62. The van der Waals surface area contributed by atoms with Crippen LogP contribution < -0.4 is 0 Å². The summed E-state index contributed by atoms with van der Waals surface area (Å²) < 4.78 is 30.4. The van der Waals surface area contributed by atoms with E-state index in [9.17, 15) is 4.21 Å². The Kier molecular flexibility index (Phi) is 2.19. The molecule has 0 aromatic rings.